The standard InChI is InChI=1S/C13H20O2/c1-8(2)12(14)15-11-7-9-5-6-10(11)13(9,3)4/h9-11H,1,5-7H2,2-4H3. The van der Waals surface area contributed by atoms with E-state index in [9.17, 15) is 4.79 Å². The van der Waals surface area contributed by atoms with Crippen molar-refractivity contribution in [3.05, 3.63) is 12.2 Å². The average molecular weight is 208 g/mol. The van der Waals surface area contributed by atoms with Crippen molar-refractivity contribution in [1.82, 2.24) is 0 Å². The van der Waals surface area contributed by atoms with Gasteiger partial charge in [-0.1, -0.05) is 20.4 Å². The van der Waals surface area contributed by atoms with Crippen LogP contribution >= 0.6 is 0 Å². The van der Waals surface area contributed by atoms with Crippen molar-refractivity contribution in [3.8, 4) is 0 Å². The van der Waals surface area contributed by atoms with Crippen molar-refractivity contribution >= 4 is 5.97 Å². The lowest BCUT2D eigenvalue weighted by Gasteiger charge is -2.26. The summed E-state index contributed by atoms with van der Waals surface area (Å²) in [5, 5.41) is 0. The molecule has 0 radical (unpaired) electrons. The second-order valence-electron chi connectivity index (χ2n) is 5.66. The van der Waals surface area contributed by atoms with E-state index >= 15 is 0 Å². The van der Waals surface area contributed by atoms with Gasteiger partial charge in [0.25, 0.3) is 0 Å². The third kappa shape index (κ3) is 1.60. The zero-order valence-corrected chi connectivity index (χ0v) is 9.88. The van der Waals surface area contributed by atoms with Gasteiger partial charge in [0.2, 0.25) is 0 Å². The maximum absolute atomic E-state index is 11.5. The summed E-state index contributed by atoms with van der Waals surface area (Å²) in [4.78, 5) is 11.5. The van der Waals surface area contributed by atoms with Crippen molar-refractivity contribution in [2.45, 2.75) is 46.1 Å². The van der Waals surface area contributed by atoms with E-state index in [4.69, 9.17) is 4.74 Å². The fraction of sp³-hybridized carbons (Fsp3) is 0.769. The summed E-state index contributed by atoms with van der Waals surface area (Å²) in [5.41, 5.74) is 0.871. The van der Waals surface area contributed by atoms with E-state index in [1.807, 2.05) is 0 Å². The first-order valence-electron chi connectivity index (χ1n) is 5.79. The highest BCUT2D eigenvalue weighted by Gasteiger charge is 2.54. The Bertz CT molecular complexity index is 304. The van der Waals surface area contributed by atoms with Crippen LogP contribution in [0.25, 0.3) is 0 Å². The minimum Gasteiger partial charge on any atom is -0.459 e. The number of hydrogen-bond acceptors (Lipinski definition) is 2. The lowest BCUT2D eigenvalue weighted by atomic mass is 9.82. The molecular formula is C13H20O2. The molecule has 0 aliphatic heterocycles. The van der Waals surface area contributed by atoms with Crippen molar-refractivity contribution in [1.29, 1.82) is 0 Å². The predicted octanol–water partition coefficient (Wildman–Crippen LogP) is 2.93. The molecule has 2 nitrogen and oxygen atoms in total. The van der Waals surface area contributed by atoms with Gasteiger partial charge in [-0.25, -0.2) is 4.79 Å². The van der Waals surface area contributed by atoms with Gasteiger partial charge >= 0.3 is 5.97 Å². The van der Waals surface area contributed by atoms with Gasteiger partial charge in [0, 0.05) is 11.5 Å². The number of fused-ring (bicyclic) bond motifs is 2. The molecule has 2 aliphatic carbocycles. The number of hydrogen-bond donors (Lipinski definition) is 0. The average Bonchev–Trinajstić information content (AvgIpc) is 2.54. The summed E-state index contributed by atoms with van der Waals surface area (Å²) in [6, 6.07) is 0. The predicted molar refractivity (Wildman–Crippen MR) is 59.3 cm³/mol. The molecule has 0 N–H and O–H groups in total. The zero-order valence-electron chi connectivity index (χ0n) is 9.88. The van der Waals surface area contributed by atoms with Crippen molar-refractivity contribution in [3.63, 3.8) is 0 Å². The molecule has 15 heavy (non-hydrogen) atoms. The fourth-order valence-electron chi connectivity index (χ4n) is 3.33. The van der Waals surface area contributed by atoms with Gasteiger partial charge in [-0.15, -0.1) is 0 Å². The van der Waals surface area contributed by atoms with Gasteiger partial charge in [-0.3, -0.25) is 0 Å². The first-order chi connectivity index (χ1) is 6.93. The van der Waals surface area contributed by atoms with E-state index in [-0.39, 0.29) is 12.1 Å². The molecule has 2 fully saturated rings. The Morgan fingerprint density at radius 2 is 2.07 bits per heavy atom. The van der Waals surface area contributed by atoms with E-state index in [1.54, 1.807) is 6.92 Å². The highest BCUT2D eigenvalue weighted by atomic mass is 16.5. The summed E-state index contributed by atoms with van der Waals surface area (Å²) in [6.07, 6.45) is 3.71. The number of carbonyl (C=O) groups is 1. The lowest BCUT2D eigenvalue weighted by Crippen LogP contribution is -2.27. The highest BCUT2D eigenvalue weighted by molar-refractivity contribution is 5.87. The maximum atomic E-state index is 11.5. The van der Waals surface area contributed by atoms with Crippen LogP contribution < -0.4 is 0 Å². The van der Waals surface area contributed by atoms with Crippen LogP contribution in [-0.2, 0) is 9.53 Å². The minimum absolute atomic E-state index is 0.142. The van der Waals surface area contributed by atoms with Crippen LogP contribution in [0, 0.1) is 17.3 Å². The van der Waals surface area contributed by atoms with Crippen molar-refractivity contribution < 1.29 is 9.53 Å². The SMILES string of the molecule is C=C(C)C(=O)OC1CC2CCC1C2(C)C. The van der Waals surface area contributed by atoms with Crippen LogP contribution in [0.15, 0.2) is 12.2 Å². The molecule has 2 saturated carbocycles. The first-order valence-corrected chi connectivity index (χ1v) is 5.79. The van der Waals surface area contributed by atoms with Gasteiger partial charge in [0.05, 0.1) is 0 Å². The Morgan fingerprint density at radius 3 is 2.47 bits per heavy atom. The highest BCUT2D eigenvalue weighted by Crippen LogP contribution is 2.58. The van der Waals surface area contributed by atoms with Crippen LogP contribution in [0.1, 0.15) is 40.0 Å². The third-order valence-corrected chi connectivity index (χ3v) is 4.41. The quantitative estimate of drug-likeness (QED) is 0.515. The number of esters is 1. The minimum atomic E-state index is -0.219. The molecule has 2 rings (SSSR count). The maximum Gasteiger partial charge on any atom is 0.333 e. The molecule has 2 aliphatic rings. The van der Waals surface area contributed by atoms with Crippen molar-refractivity contribution in [2.24, 2.45) is 17.3 Å². The molecule has 2 bridgehead atoms. The molecular weight excluding hydrogens is 188 g/mol. The molecule has 0 aromatic carbocycles. The van der Waals surface area contributed by atoms with E-state index in [1.165, 1.54) is 12.8 Å². The van der Waals surface area contributed by atoms with Crippen LogP contribution in [0.5, 0.6) is 0 Å². The summed E-state index contributed by atoms with van der Waals surface area (Å²) < 4.78 is 5.50. The van der Waals surface area contributed by atoms with E-state index < -0.39 is 0 Å². The van der Waals surface area contributed by atoms with E-state index in [2.05, 4.69) is 20.4 Å². The van der Waals surface area contributed by atoms with E-state index in [0.717, 1.165) is 12.3 Å². The molecule has 0 amide bonds. The molecule has 0 aromatic rings. The number of rotatable bonds is 2. The van der Waals surface area contributed by atoms with Crippen LogP contribution in [0.4, 0.5) is 0 Å². The molecule has 0 aromatic heterocycles. The molecule has 0 saturated heterocycles. The summed E-state index contributed by atoms with van der Waals surface area (Å²) in [5.74, 6) is 1.08. The molecule has 3 unspecified atom stereocenters. The number of carbonyl (C=O) groups excluding carboxylic acids is 1. The molecule has 2 heteroatoms. The topological polar surface area (TPSA) is 26.3 Å². The largest absolute Gasteiger partial charge is 0.459 e. The number of ether oxygens (including phenoxy) is 1. The fourth-order valence-corrected chi connectivity index (χ4v) is 3.33. The third-order valence-electron chi connectivity index (χ3n) is 4.41. The summed E-state index contributed by atoms with van der Waals surface area (Å²) in [6.45, 7) is 9.95. The summed E-state index contributed by atoms with van der Waals surface area (Å²) in [7, 11) is 0. The van der Waals surface area contributed by atoms with Gasteiger partial charge in [0.1, 0.15) is 6.10 Å². The zero-order chi connectivity index (χ0) is 11.2. The van der Waals surface area contributed by atoms with Crippen LogP contribution in [0.3, 0.4) is 0 Å². The Kier molecular flexibility index (Phi) is 2.40. The van der Waals surface area contributed by atoms with E-state index in [0.29, 0.717) is 16.9 Å². The Morgan fingerprint density at radius 1 is 1.40 bits per heavy atom. The van der Waals surface area contributed by atoms with Gasteiger partial charge < -0.3 is 4.74 Å². The van der Waals surface area contributed by atoms with Gasteiger partial charge in [0.15, 0.2) is 0 Å². The Labute approximate surface area is 91.7 Å². The Hall–Kier alpha value is -0.790. The van der Waals surface area contributed by atoms with Crippen molar-refractivity contribution in [2.75, 3.05) is 0 Å². The molecule has 0 spiro atoms. The van der Waals surface area contributed by atoms with Gasteiger partial charge in [-0.2, -0.15) is 0 Å². The second-order valence-corrected chi connectivity index (χ2v) is 5.66. The first kappa shape index (κ1) is 10.7. The summed E-state index contributed by atoms with van der Waals surface area (Å²) >= 11 is 0. The molecule has 84 valence electrons. The Balaban J connectivity index is 2.03. The van der Waals surface area contributed by atoms with Crippen LogP contribution in [-0.4, -0.2) is 12.1 Å². The van der Waals surface area contributed by atoms with Crippen LogP contribution in [0.2, 0.25) is 0 Å². The second kappa shape index (κ2) is 3.36. The monoisotopic (exact) mass is 208 g/mol. The molecule has 0 heterocycles. The smallest absolute Gasteiger partial charge is 0.333 e. The van der Waals surface area contributed by atoms with Gasteiger partial charge in [-0.05, 0) is 37.5 Å². The normalized spacial score (nSPS) is 36.6. The molecule has 3 atom stereocenters. The lowest BCUT2D eigenvalue weighted by molar-refractivity contribution is -0.147.